The molecule has 0 fully saturated rings. The second-order valence-electron chi connectivity index (χ2n) is 7.94. The minimum absolute atomic E-state index is 0.0175. The quantitative estimate of drug-likeness (QED) is 0.189. The van der Waals surface area contributed by atoms with Gasteiger partial charge in [0.05, 0.1) is 19.0 Å². The molecule has 3 atom stereocenters. The third-order valence-corrected chi connectivity index (χ3v) is 4.51. The van der Waals surface area contributed by atoms with Crippen molar-refractivity contribution in [2.45, 2.75) is 51.2 Å². The van der Waals surface area contributed by atoms with E-state index in [1.165, 1.54) is 24.3 Å². The Labute approximate surface area is 190 Å². The maximum atomic E-state index is 12.5. The molecule has 0 aliphatic rings. The fourth-order valence-corrected chi connectivity index (χ4v) is 2.88. The third kappa shape index (κ3) is 10.5. The van der Waals surface area contributed by atoms with Crippen LogP contribution in [0.25, 0.3) is 0 Å². The van der Waals surface area contributed by atoms with Gasteiger partial charge in [-0.15, -0.1) is 0 Å². The lowest BCUT2D eigenvalue weighted by atomic mass is 10.0. The van der Waals surface area contributed by atoms with Crippen LogP contribution < -0.4 is 21.7 Å². The van der Waals surface area contributed by atoms with Gasteiger partial charge in [-0.2, -0.15) is 0 Å². The number of aliphatic carboxylic acids is 2. The van der Waals surface area contributed by atoms with Crippen molar-refractivity contribution in [3.05, 3.63) is 29.8 Å². The van der Waals surface area contributed by atoms with Gasteiger partial charge in [-0.1, -0.05) is 26.0 Å². The molecular weight excluding hydrogens is 436 g/mol. The zero-order valence-electron chi connectivity index (χ0n) is 18.4. The Kier molecular flexibility index (Phi) is 10.8. The van der Waals surface area contributed by atoms with Gasteiger partial charge >= 0.3 is 11.9 Å². The maximum Gasteiger partial charge on any atom is 0.326 e. The molecule has 0 aliphatic heterocycles. The summed E-state index contributed by atoms with van der Waals surface area (Å²) in [6.45, 7) is 3.21. The second kappa shape index (κ2) is 13.0. The number of aromatic hydroxyl groups is 1. The Balaban J connectivity index is 2.76. The van der Waals surface area contributed by atoms with Crippen LogP contribution in [0.3, 0.4) is 0 Å². The number of rotatable bonds is 13. The fraction of sp³-hybridized carbons (Fsp3) is 0.476. The van der Waals surface area contributed by atoms with Crippen LogP contribution in [-0.2, 0) is 30.4 Å². The number of carbonyl (C=O) groups is 5. The van der Waals surface area contributed by atoms with E-state index < -0.39 is 60.8 Å². The van der Waals surface area contributed by atoms with Crippen LogP contribution in [0.4, 0.5) is 0 Å². The van der Waals surface area contributed by atoms with Gasteiger partial charge in [0.25, 0.3) is 0 Å². The van der Waals surface area contributed by atoms with E-state index >= 15 is 0 Å². The van der Waals surface area contributed by atoms with Crippen LogP contribution in [0.15, 0.2) is 24.3 Å². The highest BCUT2D eigenvalue weighted by atomic mass is 16.4. The molecule has 1 aromatic carbocycles. The first-order chi connectivity index (χ1) is 15.4. The minimum atomic E-state index is -1.57. The number of carboxylic acids is 2. The van der Waals surface area contributed by atoms with Crippen molar-refractivity contribution in [3.8, 4) is 5.75 Å². The Morgan fingerprint density at radius 2 is 1.55 bits per heavy atom. The van der Waals surface area contributed by atoms with Gasteiger partial charge in [0.15, 0.2) is 0 Å². The van der Waals surface area contributed by atoms with Gasteiger partial charge in [0, 0.05) is 6.42 Å². The summed E-state index contributed by atoms with van der Waals surface area (Å²) in [6, 6.07) is 1.84. The molecule has 0 aliphatic carbocycles. The van der Waals surface area contributed by atoms with E-state index in [1.807, 2.05) is 13.8 Å². The number of hydrogen-bond acceptors (Lipinski definition) is 7. The number of carboxylic acid groups (broad SMARTS) is 2. The molecule has 33 heavy (non-hydrogen) atoms. The van der Waals surface area contributed by atoms with Crippen molar-refractivity contribution in [1.29, 1.82) is 0 Å². The topological polar surface area (TPSA) is 208 Å². The molecule has 12 nitrogen and oxygen atoms in total. The Hall–Kier alpha value is -3.67. The highest BCUT2D eigenvalue weighted by Crippen LogP contribution is 2.11. The molecule has 3 amide bonds. The van der Waals surface area contributed by atoms with Gasteiger partial charge in [0.1, 0.15) is 17.8 Å². The first kappa shape index (κ1) is 27.4. The second-order valence-corrected chi connectivity index (χ2v) is 7.94. The van der Waals surface area contributed by atoms with E-state index in [-0.39, 0.29) is 18.1 Å². The van der Waals surface area contributed by atoms with Crippen LogP contribution in [-0.4, -0.2) is 69.7 Å². The zero-order chi connectivity index (χ0) is 25.1. The van der Waals surface area contributed by atoms with E-state index in [0.717, 1.165) is 0 Å². The number of nitrogens with two attached hydrogens (primary N) is 1. The van der Waals surface area contributed by atoms with E-state index in [0.29, 0.717) is 12.0 Å². The number of amides is 3. The van der Waals surface area contributed by atoms with Crippen molar-refractivity contribution in [1.82, 2.24) is 16.0 Å². The van der Waals surface area contributed by atoms with Gasteiger partial charge in [-0.25, -0.2) is 4.79 Å². The normalized spacial score (nSPS) is 13.5. The molecule has 1 aromatic rings. The summed E-state index contributed by atoms with van der Waals surface area (Å²) in [5.41, 5.74) is 6.22. The number of phenols is 1. The van der Waals surface area contributed by atoms with E-state index in [9.17, 15) is 34.2 Å². The Bertz CT molecular complexity index is 856. The van der Waals surface area contributed by atoms with E-state index in [2.05, 4.69) is 16.0 Å². The fourth-order valence-electron chi connectivity index (χ4n) is 2.88. The summed E-state index contributed by atoms with van der Waals surface area (Å²) in [5.74, 6) is -5.06. The van der Waals surface area contributed by atoms with E-state index in [1.54, 1.807) is 0 Å². The molecule has 0 saturated heterocycles. The number of hydrogen-bond donors (Lipinski definition) is 7. The maximum absolute atomic E-state index is 12.5. The van der Waals surface area contributed by atoms with Gasteiger partial charge in [-0.05, 0) is 30.0 Å². The molecule has 182 valence electrons. The van der Waals surface area contributed by atoms with Gasteiger partial charge in [-0.3, -0.25) is 19.2 Å². The smallest absolute Gasteiger partial charge is 0.326 e. The highest BCUT2D eigenvalue weighted by Gasteiger charge is 2.28. The monoisotopic (exact) mass is 466 g/mol. The largest absolute Gasteiger partial charge is 0.508 e. The molecule has 0 aromatic heterocycles. The molecule has 8 N–H and O–H groups in total. The lowest BCUT2D eigenvalue weighted by Crippen LogP contribution is -2.54. The number of carbonyl (C=O) groups excluding carboxylic acids is 3. The standard InChI is InChI=1S/C21H30N4O8/c1-11(2)7-14(22)19(30)23-10-17(27)24-15(9-18(28)29)20(31)25-16(21(32)33)8-12-3-5-13(26)6-4-12/h3-6,11,14-16,26H,7-10,22H2,1-2H3,(H,23,30)(H,24,27)(H,25,31)(H,28,29)(H,32,33). The Morgan fingerprint density at radius 3 is 2.06 bits per heavy atom. The van der Waals surface area contributed by atoms with Crippen LogP contribution in [0.5, 0.6) is 5.75 Å². The molecule has 1 rings (SSSR count). The molecule has 0 bridgehead atoms. The number of phenolic OH excluding ortho intramolecular Hbond substituents is 1. The molecular formula is C21H30N4O8. The summed E-state index contributed by atoms with van der Waals surface area (Å²) < 4.78 is 0. The van der Waals surface area contributed by atoms with Crippen LogP contribution in [0.1, 0.15) is 32.3 Å². The van der Waals surface area contributed by atoms with E-state index in [4.69, 9.17) is 10.8 Å². The Morgan fingerprint density at radius 1 is 0.939 bits per heavy atom. The summed E-state index contributed by atoms with van der Waals surface area (Å²) >= 11 is 0. The van der Waals surface area contributed by atoms with Gasteiger partial charge in [0.2, 0.25) is 17.7 Å². The first-order valence-electron chi connectivity index (χ1n) is 10.2. The highest BCUT2D eigenvalue weighted by molar-refractivity contribution is 5.94. The van der Waals surface area contributed by atoms with Crippen LogP contribution >= 0.6 is 0 Å². The zero-order valence-corrected chi connectivity index (χ0v) is 18.4. The summed E-state index contributed by atoms with van der Waals surface area (Å²) in [6.07, 6.45) is -0.544. The predicted octanol–water partition coefficient (Wildman–Crippen LogP) is -1.05. The van der Waals surface area contributed by atoms with Crippen molar-refractivity contribution in [3.63, 3.8) is 0 Å². The molecule has 12 heteroatoms. The van der Waals surface area contributed by atoms with Gasteiger partial charge < -0.3 is 37.0 Å². The summed E-state index contributed by atoms with van der Waals surface area (Å²) in [5, 5.41) is 34.5. The van der Waals surface area contributed by atoms with Crippen molar-refractivity contribution < 1.29 is 39.3 Å². The van der Waals surface area contributed by atoms with Crippen LogP contribution in [0, 0.1) is 5.92 Å². The molecule has 3 unspecified atom stereocenters. The molecule has 0 heterocycles. The number of nitrogens with one attached hydrogen (secondary N) is 3. The number of benzene rings is 1. The van der Waals surface area contributed by atoms with Crippen LogP contribution in [0.2, 0.25) is 0 Å². The molecule has 0 spiro atoms. The lowest BCUT2D eigenvalue weighted by Gasteiger charge is -2.21. The summed E-state index contributed by atoms with van der Waals surface area (Å²) in [7, 11) is 0. The van der Waals surface area contributed by atoms with Crippen molar-refractivity contribution in [2.24, 2.45) is 11.7 Å². The average molecular weight is 466 g/mol. The predicted molar refractivity (Wildman–Crippen MR) is 116 cm³/mol. The summed E-state index contributed by atoms with van der Waals surface area (Å²) in [4.78, 5) is 59.3. The van der Waals surface area contributed by atoms with Crippen molar-refractivity contribution in [2.75, 3.05) is 6.54 Å². The minimum Gasteiger partial charge on any atom is -0.508 e. The SMILES string of the molecule is CC(C)CC(N)C(=O)NCC(=O)NC(CC(=O)O)C(=O)NC(Cc1ccc(O)cc1)C(=O)O. The average Bonchev–Trinajstić information content (AvgIpc) is 2.71. The molecule has 0 radical (unpaired) electrons. The first-order valence-corrected chi connectivity index (χ1v) is 10.2. The third-order valence-electron chi connectivity index (χ3n) is 4.51. The lowest BCUT2D eigenvalue weighted by molar-refractivity contribution is -0.143. The molecule has 0 saturated carbocycles. The van der Waals surface area contributed by atoms with Crippen molar-refractivity contribution >= 4 is 29.7 Å².